The number of halogens is 1. The average Bonchev–Trinajstić information content (AvgIpc) is 2.42. The fraction of sp³-hybridized carbons (Fsp3) is 0.600. The van der Waals surface area contributed by atoms with E-state index in [9.17, 15) is 9.50 Å². The van der Waals surface area contributed by atoms with Crippen molar-refractivity contribution in [1.29, 1.82) is 0 Å². The number of aliphatic hydroxyl groups excluding tert-OH is 1. The summed E-state index contributed by atoms with van der Waals surface area (Å²) >= 11 is 0. The van der Waals surface area contributed by atoms with Crippen LogP contribution >= 0.6 is 0 Å². The van der Waals surface area contributed by atoms with Crippen molar-refractivity contribution in [2.24, 2.45) is 0 Å². The zero-order chi connectivity index (χ0) is 13.9. The highest BCUT2D eigenvalue weighted by atomic mass is 19.1. The molecule has 4 heteroatoms. The Hall–Kier alpha value is -1.13. The van der Waals surface area contributed by atoms with Crippen LogP contribution in [0.5, 0.6) is 5.75 Å². The summed E-state index contributed by atoms with van der Waals surface area (Å²) in [6, 6.07) is 5.79. The molecule has 0 bridgehead atoms. The molecule has 0 aromatic heterocycles. The molecule has 3 nitrogen and oxygen atoms in total. The lowest BCUT2D eigenvalue weighted by molar-refractivity contribution is 0.106. The zero-order valence-electron chi connectivity index (χ0n) is 11.6. The van der Waals surface area contributed by atoms with Crippen LogP contribution in [-0.2, 0) is 0 Å². The molecular weight excluding hydrogens is 245 g/mol. The van der Waals surface area contributed by atoms with Crippen molar-refractivity contribution in [1.82, 2.24) is 5.32 Å². The smallest absolute Gasteiger partial charge is 0.123 e. The second kappa shape index (κ2) is 9.75. The van der Waals surface area contributed by atoms with Crippen LogP contribution in [-0.4, -0.2) is 30.9 Å². The lowest BCUT2D eigenvalue weighted by Crippen LogP contribution is -2.32. The Kier molecular flexibility index (Phi) is 8.18. The number of hydrogen-bond acceptors (Lipinski definition) is 3. The Balaban J connectivity index is 2.04. The van der Waals surface area contributed by atoms with Crippen LogP contribution in [0.25, 0.3) is 0 Å². The Morgan fingerprint density at radius 3 is 2.63 bits per heavy atom. The van der Waals surface area contributed by atoms with Crippen LogP contribution in [0.2, 0.25) is 0 Å². The summed E-state index contributed by atoms with van der Waals surface area (Å²) in [4.78, 5) is 0. The molecular formula is C15H24FNO2. The molecule has 0 heterocycles. The van der Waals surface area contributed by atoms with E-state index >= 15 is 0 Å². The Labute approximate surface area is 114 Å². The summed E-state index contributed by atoms with van der Waals surface area (Å²) in [5, 5.41) is 12.9. The number of benzene rings is 1. The van der Waals surface area contributed by atoms with Gasteiger partial charge in [-0.2, -0.15) is 0 Å². The predicted molar refractivity (Wildman–Crippen MR) is 74.9 cm³/mol. The van der Waals surface area contributed by atoms with Crippen molar-refractivity contribution in [3.63, 3.8) is 0 Å². The Morgan fingerprint density at radius 2 is 1.95 bits per heavy atom. The minimum absolute atomic E-state index is 0.216. The van der Waals surface area contributed by atoms with Crippen LogP contribution < -0.4 is 10.1 Å². The van der Waals surface area contributed by atoms with Crippen LogP contribution in [0.4, 0.5) is 4.39 Å². The molecule has 0 amide bonds. The first-order valence-electron chi connectivity index (χ1n) is 6.99. The van der Waals surface area contributed by atoms with Crippen molar-refractivity contribution < 1.29 is 14.2 Å². The first kappa shape index (κ1) is 15.9. The Morgan fingerprint density at radius 1 is 1.21 bits per heavy atom. The molecule has 0 aliphatic rings. The molecule has 1 atom stereocenters. The summed E-state index contributed by atoms with van der Waals surface area (Å²) in [7, 11) is 0. The van der Waals surface area contributed by atoms with Gasteiger partial charge in [0.2, 0.25) is 0 Å². The van der Waals surface area contributed by atoms with Gasteiger partial charge in [-0.25, -0.2) is 4.39 Å². The standard InChI is InChI=1S/C15H24FNO2/c1-2-3-4-5-10-17-11-14(18)12-19-15-8-6-13(16)7-9-15/h6-9,14,17-18H,2-5,10-12H2,1H3. The van der Waals surface area contributed by atoms with Gasteiger partial charge in [0.05, 0.1) is 0 Å². The average molecular weight is 269 g/mol. The van der Waals surface area contributed by atoms with Gasteiger partial charge in [0.15, 0.2) is 0 Å². The third kappa shape index (κ3) is 7.80. The minimum atomic E-state index is -0.545. The second-order valence-corrected chi connectivity index (χ2v) is 4.68. The summed E-state index contributed by atoms with van der Waals surface area (Å²) < 4.78 is 18.0. The monoisotopic (exact) mass is 269 g/mol. The highest BCUT2D eigenvalue weighted by Gasteiger charge is 2.04. The SMILES string of the molecule is CCCCCCNCC(O)COc1ccc(F)cc1. The third-order valence-electron chi connectivity index (χ3n) is 2.84. The summed E-state index contributed by atoms with van der Waals surface area (Å²) in [5.74, 6) is 0.282. The van der Waals surface area contributed by atoms with E-state index in [1.165, 1.54) is 31.4 Å². The van der Waals surface area contributed by atoms with Gasteiger partial charge < -0.3 is 15.2 Å². The zero-order valence-corrected chi connectivity index (χ0v) is 11.6. The maximum Gasteiger partial charge on any atom is 0.123 e. The molecule has 1 aromatic carbocycles. The van der Waals surface area contributed by atoms with Crippen LogP contribution in [0.15, 0.2) is 24.3 Å². The normalized spacial score (nSPS) is 12.4. The lowest BCUT2D eigenvalue weighted by atomic mass is 10.2. The van der Waals surface area contributed by atoms with Gasteiger partial charge in [0, 0.05) is 6.54 Å². The van der Waals surface area contributed by atoms with Crippen molar-refractivity contribution in [2.45, 2.75) is 38.7 Å². The number of ether oxygens (including phenoxy) is 1. The number of aliphatic hydroxyl groups is 1. The highest BCUT2D eigenvalue weighted by Crippen LogP contribution is 2.11. The number of nitrogens with one attached hydrogen (secondary N) is 1. The van der Waals surface area contributed by atoms with Crippen LogP contribution in [0.1, 0.15) is 32.6 Å². The van der Waals surface area contributed by atoms with E-state index in [2.05, 4.69) is 12.2 Å². The van der Waals surface area contributed by atoms with Crippen LogP contribution in [0.3, 0.4) is 0 Å². The highest BCUT2D eigenvalue weighted by molar-refractivity contribution is 5.22. The van der Waals surface area contributed by atoms with Gasteiger partial charge >= 0.3 is 0 Å². The molecule has 1 unspecified atom stereocenters. The van der Waals surface area contributed by atoms with E-state index in [0.29, 0.717) is 12.3 Å². The molecule has 2 N–H and O–H groups in total. The molecule has 0 radical (unpaired) electrons. The summed E-state index contributed by atoms with van der Waals surface area (Å²) in [6.45, 7) is 3.85. The van der Waals surface area contributed by atoms with Gasteiger partial charge in [-0.05, 0) is 37.2 Å². The molecule has 0 aliphatic heterocycles. The molecule has 0 saturated heterocycles. The van der Waals surface area contributed by atoms with E-state index in [4.69, 9.17) is 4.74 Å². The summed E-state index contributed by atoms with van der Waals surface area (Å²) in [6.07, 6.45) is 4.31. The fourth-order valence-corrected chi connectivity index (χ4v) is 1.73. The van der Waals surface area contributed by atoms with Gasteiger partial charge in [0.25, 0.3) is 0 Å². The fourth-order valence-electron chi connectivity index (χ4n) is 1.73. The van der Waals surface area contributed by atoms with Crippen molar-refractivity contribution in [2.75, 3.05) is 19.7 Å². The first-order chi connectivity index (χ1) is 9.22. The van der Waals surface area contributed by atoms with Gasteiger partial charge in [-0.1, -0.05) is 26.2 Å². The van der Waals surface area contributed by atoms with E-state index in [0.717, 1.165) is 13.0 Å². The topological polar surface area (TPSA) is 41.5 Å². The van der Waals surface area contributed by atoms with E-state index in [-0.39, 0.29) is 12.4 Å². The molecule has 1 rings (SSSR count). The number of unbranched alkanes of at least 4 members (excludes halogenated alkanes) is 3. The molecule has 0 spiro atoms. The summed E-state index contributed by atoms with van der Waals surface area (Å²) in [5.41, 5.74) is 0. The van der Waals surface area contributed by atoms with E-state index < -0.39 is 6.10 Å². The molecule has 0 fully saturated rings. The van der Waals surface area contributed by atoms with Gasteiger partial charge in [-0.3, -0.25) is 0 Å². The van der Waals surface area contributed by atoms with Crippen molar-refractivity contribution in [3.05, 3.63) is 30.1 Å². The first-order valence-corrected chi connectivity index (χ1v) is 6.99. The maximum atomic E-state index is 12.7. The van der Waals surface area contributed by atoms with E-state index in [1.807, 2.05) is 0 Å². The molecule has 0 aliphatic carbocycles. The molecule has 0 saturated carbocycles. The molecule has 108 valence electrons. The number of hydrogen-bond donors (Lipinski definition) is 2. The van der Waals surface area contributed by atoms with Gasteiger partial charge in [0.1, 0.15) is 24.3 Å². The van der Waals surface area contributed by atoms with Crippen molar-refractivity contribution in [3.8, 4) is 5.75 Å². The van der Waals surface area contributed by atoms with E-state index in [1.54, 1.807) is 12.1 Å². The predicted octanol–water partition coefficient (Wildman–Crippen LogP) is 2.74. The molecule has 1 aromatic rings. The maximum absolute atomic E-state index is 12.7. The second-order valence-electron chi connectivity index (χ2n) is 4.68. The minimum Gasteiger partial charge on any atom is -0.491 e. The molecule has 19 heavy (non-hydrogen) atoms. The lowest BCUT2D eigenvalue weighted by Gasteiger charge is -2.13. The van der Waals surface area contributed by atoms with Crippen molar-refractivity contribution >= 4 is 0 Å². The van der Waals surface area contributed by atoms with Gasteiger partial charge in [-0.15, -0.1) is 0 Å². The third-order valence-corrected chi connectivity index (χ3v) is 2.84. The number of rotatable bonds is 10. The Bertz CT molecular complexity index is 329. The van der Waals surface area contributed by atoms with Crippen LogP contribution in [0, 0.1) is 5.82 Å². The largest absolute Gasteiger partial charge is 0.491 e. The quantitative estimate of drug-likeness (QED) is 0.642.